The second kappa shape index (κ2) is 4.69. The number of benzene rings is 1. The van der Waals surface area contributed by atoms with Crippen LogP contribution in [0.5, 0.6) is 0 Å². The smallest absolute Gasteiger partial charge is 0.270 e. The number of amides is 1. The molecular formula is C14H16N2OS. The van der Waals surface area contributed by atoms with Crippen molar-refractivity contribution in [3.05, 3.63) is 36.0 Å². The molecule has 0 saturated carbocycles. The molecule has 18 heavy (non-hydrogen) atoms. The van der Waals surface area contributed by atoms with E-state index in [0.29, 0.717) is 10.9 Å². The van der Waals surface area contributed by atoms with Crippen molar-refractivity contribution in [2.45, 2.75) is 12.2 Å². The molecule has 2 heterocycles. The number of para-hydroxylation sites is 1. The van der Waals surface area contributed by atoms with Crippen molar-refractivity contribution >= 4 is 28.6 Å². The van der Waals surface area contributed by atoms with Crippen molar-refractivity contribution in [3.63, 3.8) is 0 Å². The van der Waals surface area contributed by atoms with E-state index in [2.05, 4.69) is 11.9 Å². The topological polar surface area (TPSA) is 36.1 Å². The van der Waals surface area contributed by atoms with Crippen LogP contribution in [0.25, 0.3) is 10.9 Å². The molecule has 0 radical (unpaired) electrons. The first-order chi connectivity index (χ1) is 8.74. The van der Waals surface area contributed by atoms with Crippen molar-refractivity contribution in [2.24, 2.45) is 0 Å². The number of carbonyl (C=O) groups is 1. The standard InChI is InChI=1S/C14H16N2OS/c1-10-9-16(6-7-18-10)14(17)13-8-11-4-2-3-5-12(11)15-13/h2-5,8,10,15H,6-7,9H2,1H3/t10-/m0/s1. The minimum Gasteiger partial charge on any atom is -0.351 e. The monoisotopic (exact) mass is 260 g/mol. The highest BCUT2D eigenvalue weighted by Crippen LogP contribution is 2.21. The SMILES string of the molecule is C[C@H]1CN(C(=O)c2cc3ccccc3[nH]2)CCS1. The quantitative estimate of drug-likeness (QED) is 0.856. The molecule has 0 aliphatic carbocycles. The second-order valence-electron chi connectivity index (χ2n) is 4.70. The minimum absolute atomic E-state index is 0.123. The van der Waals surface area contributed by atoms with E-state index in [1.807, 2.05) is 47.0 Å². The minimum atomic E-state index is 0.123. The molecular weight excluding hydrogens is 244 g/mol. The molecule has 1 aliphatic rings. The number of rotatable bonds is 1. The van der Waals surface area contributed by atoms with E-state index in [0.717, 1.165) is 29.7 Å². The summed E-state index contributed by atoms with van der Waals surface area (Å²) >= 11 is 1.94. The lowest BCUT2D eigenvalue weighted by Crippen LogP contribution is -2.41. The molecule has 1 fully saturated rings. The number of nitrogens with zero attached hydrogens (tertiary/aromatic N) is 1. The number of nitrogens with one attached hydrogen (secondary N) is 1. The van der Waals surface area contributed by atoms with Crippen molar-refractivity contribution in [1.29, 1.82) is 0 Å². The zero-order chi connectivity index (χ0) is 12.5. The molecule has 3 rings (SSSR count). The predicted octanol–water partition coefficient (Wildman–Crippen LogP) is 2.75. The number of aromatic nitrogens is 1. The van der Waals surface area contributed by atoms with E-state index < -0.39 is 0 Å². The van der Waals surface area contributed by atoms with E-state index in [1.54, 1.807) is 0 Å². The van der Waals surface area contributed by atoms with Gasteiger partial charge in [0.2, 0.25) is 0 Å². The maximum Gasteiger partial charge on any atom is 0.270 e. The van der Waals surface area contributed by atoms with Crippen molar-refractivity contribution in [2.75, 3.05) is 18.8 Å². The summed E-state index contributed by atoms with van der Waals surface area (Å²) < 4.78 is 0. The normalized spacial score (nSPS) is 20.3. The van der Waals surface area contributed by atoms with Gasteiger partial charge in [0.05, 0.1) is 0 Å². The Morgan fingerprint density at radius 1 is 1.44 bits per heavy atom. The van der Waals surface area contributed by atoms with Crippen LogP contribution in [0.4, 0.5) is 0 Å². The first-order valence-electron chi connectivity index (χ1n) is 6.22. The fraction of sp³-hybridized carbons (Fsp3) is 0.357. The van der Waals surface area contributed by atoms with Gasteiger partial charge in [-0.05, 0) is 12.1 Å². The van der Waals surface area contributed by atoms with Gasteiger partial charge in [-0.15, -0.1) is 0 Å². The summed E-state index contributed by atoms with van der Waals surface area (Å²) in [5.74, 6) is 1.16. The number of hydrogen-bond donors (Lipinski definition) is 1. The van der Waals surface area contributed by atoms with E-state index in [1.165, 1.54) is 0 Å². The molecule has 2 aromatic rings. The lowest BCUT2D eigenvalue weighted by molar-refractivity contribution is 0.0758. The number of aromatic amines is 1. The number of fused-ring (bicyclic) bond motifs is 1. The van der Waals surface area contributed by atoms with Crippen molar-refractivity contribution < 1.29 is 4.79 Å². The van der Waals surface area contributed by atoms with Gasteiger partial charge in [0, 0.05) is 35.0 Å². The van der Waals surface area contributed by atoms with Crippen LogP contribution in [0.15, 0.2) is 30.3 Å². The lowest BCUT2D eigenvalue weighted by Gasteiger charge is -2.30. The Morgan fingerprint density at radius 2 is 2.28 bits per heavy atom. The third-order valence-electron chi connectivity index (χ3n) is 3.29. The van der Waals surface area contributed by atoms with Gasteiger partial charge in [0.15, 0.2) is 0 Å². The molecule has 3 nitrogen and oxygen atoms in total. The van der Waals surface area contributed by atoms with Gasteiger partial charge in [0.25, 0.3) is 5.91 Å². The Bertz CT molecular complexity index is 545. The van der Waals surface area contributed by atoms with Crippen molar-refractivity contribution in [1.82, 2.24) is 9.88 Å². The lowest BCUT2D eigenvalue weighted by atomic mass is 10.2. The Hall–Kier alpha value is -1.42. The van der Waals surface area contributed by atoms with Crippen molar-refractivity contribution in [3.8, 4) is 0 Å². The Balaban J connectivity index is 1.87. The summed E-state index contributed by atoms with van der Waals surface area (Å²) in [6, 6.07) is 9.94. The average molecular weight is 260 g/mol. The molecule has 1 aromatic heterocycles. The Labute approximate surface area is 111 Å². The molecule has 0 spiro atoms. The number of carbonyl (C=O) groups excluding carboxylic acids is 1. The summed E-state index contributed by atoms with van der Waals surface area (Å²) in [6.45, 7) is 3.87. The van der Waals surface area contributed by atoms with Crippen LogP contribution in [-0.4, -0.2) is 39.9 Å². The molecule has 1 aromatic carbocycles. The molecule has 1 aliphatic heterocycles. The molecule has 94 valence electrons. The molecule has 1 atom stereocenters. The van der Waals surface area contributed by atoms with Gasteiger partial charge in [-0.2, -0.15) is 11.8 Å². The van der Waals surface area contributed by atoms with Crippen LogP contribution in [0.2, 0.25) is 0 Å². The number of hydrogen-bond acceptors (Lipinski definition) is 2. The summed E-state index contributed by atoms with van der Waals surface area (Å²) in [6.07, 6.45) is 0. The first kappa shape index (κ1) is 11.7. The van der Waals surface area contributed by atoms with Crippen LogP contribution >= 0.6 is 11.8 Å². The van der Waals surface area contributed by atoms with Crippen LogP contribution in [0.3, 0.4) is 0 Å². The third kappa shape index (κ3) is 2.12. The highest BCUT2D eigenvalue weighted by molar-refractivity contribution is 7.99. The van der Waals surface area contributed by atoms with E-state index in [-0.39, 0.29) is 5.91 Å². The van der Waals surface area contributed by atoms with Gasteiger partial charge < -0.3 is 9.88 Å². The second-order valence-corrected chi connectivity index (χ2v) is 6.25. The van der Waals surface area contributed by atoms with Gasteiger partial charge in [0.1, 0.15) is 5.69 Å². The summed E-state index contributed by atoms with van der Waals surface area (Å²) in [4.78, 5) is 17.6. The molecule has 1 amide bonds. The number of thioether (sulfide) groups is 1. The van der Waals surface area contributed by atoms with E-state index >= 15 is 0 Å². The fourth-order valence-electron chi connectivity index (χ4n) is 2.36. The van der Waals surface area contributed by atoms with Gasteiger partial charge in [-0.1, -0.05) is 25.1 Å². The van der Waals surface area contributed by atoms with Gasteiger partial charge in [-0.3, -0.25) is 4.79 Å². The highest BCUT2D eigenvalue weighted by Gasteiger charge is 2.23. The maximum absolute atomic E-state index is 12.4. The van der Waals surface area contributed by atoms with Crippen LogP contribution < -0.4 is 0 Å². The zero-order valence-corrected chi connectivity index (χ0v) is 11.2. The predicted molar refractivity (Wildman–Crippen MR) is 76.1 cm³/mol. The van der Waals surface area contributed by atoms with Crippen LogP contribution in [0.1, 0.15) is 17.4 Å². The summed E-state index contributed by atoms with van der Waals surface area (Å²) in [5, 5.41) is 1.63. The van der Waals surface area contributed by atoms with Crippen LogP contribution in [0, 0.1) is 0 Å². The zero-order valence-electron chi connectivity index (χ0n) is 10.3. The molecule has 0 bridgehead atoms. The highest BCUT2D eigenvalue weighted by atomic mass is 32.2. The third-order valence-corrected chi connectivity index (χ3v) is 4.43. The largest absolute Gasteiger partial charge is 0.351 e. The molecule has 1 N–H and O–H groups in total. The maximum atomic E-state index is 12.4. The summed E-state index contributed by atoms with van der Waals surface area (Å²) in [7, 11) is 0. The Morgan fingerprint density at radius 3 is 3.06 bits per heavy atom. The summed E-state index contributed by atoms with van der Waals surface area (Å²) in [5.41, 5.74) is 1.73. The average Bonchev–Trinajstić information content (AvgIpc) is 2.81. The molecule has 4 heteroatoms. The molecule has 1 saturated heterocycles. The molecule has 0 unspecified atom stereocenters. The van der Waals surface area contributed by atoms with Gasteiger partial charge in [-0.25, -0.2) is 0 Å². The van der Waals surface area contributed by atoms with Crippen LogP contribution in [-0.2, 0) is 0 Å². The fourth-order valence-corrected chi connectivity index (χ4v) is 3.38. The van der Waals surface area contributed by atoms with Gasteiger partial charge >= 0.3 is 0 Å². The Kier molecular flexibility index (Phi) is 3.04. The first-order valence-corrected chi connectivity index (χ1v) is 7.27. The number of H-pyrrole nitrogens is 1. The van der Waals surface area contributed by atoms with E-state index in [4.69, 9.17) is 0 Å². The van der Waals surface area contributed by atoms with E-state index in [9.17, 15) is 4.79 Å².